The van der Waals surface area contributed by atoms with Crippen LogP contribution in [-0.2, 0) is 25.7 Å². The monoisotopic (exact) mass is 840 g/mol. The van der Waals surface area contributed by atoms with Crippen LogP contribution in [0.15, 0.2) is 48.7 Å². The topological polar surface area (TPSA) is 184 Å². The van der Waals surface area contributed by atoms with Gasteiger partial charge in [-0.2, -0.15) is 0 Å². The zero-order valence-corrected chi connectivity index (χ0v) is 36.0. The zero-order chi connectivity index (χ0) is 43.6. The van der Waals surface area contributed by atoms with Crippen molar-refractivity contribution in [3.05, 3.63) is 65.9 Å². The Kier molecular flexibility index (Phi) is 10.6. The van der Waals surface area contributed by atoms with Crippen LogP contribution in [0.5, 0.6) is 5.75 Å². The smallest absolute Gasteiger partial charge is 0.407 e. The molecule has 4 N–H and O–H groups in total. The van der Waals surface area contributed by atoms with Crippen molar-refractivity contribution < 1.29 is 33.4 Å². The van der Waals surface area contributed by atoms with Gasteiger partial charge in [-0.05, 0) is 77.9 Å². The molecule has 0 saturated carbocycles. The number of carbonyl (C=O) groups excluding carboxylic acids is 4. The minimum atomic E-state index is -0.750. The van der Waals surface area contributed by atoms with E-state index in [0.29, 0.717) is 31.2 Å². The fourth-order valence-corrected chi connectivity index (χ4v) is 9.83. The van der Waals surface area contributed by atoms with Gasteiger partial charge in [-0.25, -0.2) is 19.6 Å². The molecule has 3 aliphatic heterocycles. The number of fused-ring (bicyclic) bond motifs is 7. The fraction of sp³-hybridized carbons (Fsp3) is 0.447. The summed E-state index contributed by atoms with van der Waals surface area (Å²) in [5, 5.41) is 7.43. The normalized spacial score (nSPS) is 22.1. The summed E-state index contributed by atoms with van der Waals surface area (Å²) in [4.78, 5) is 73.1. The molecule has 322 valence electrons. The number of imidazole rings is 2. The molecule has 2 aromatic heterocycles. The molecule has 1 aliphatic carbocycles. The van der Waals surface area contributed by atoms with Crippen molar-refractivity contribution in [2.24, 2.45) is 23.7 Å². The maximum Gasteiger partial charge on any atom is 0.407 e. The minimum Gasteiger partial charge on any atom is -0.488 e. The predicted molar refractivity (Wildman–Crippen MR) is 231 cm³/mol. The first-order chi connectivity index (χ1) is 29.8. The molecule has 4 aliphatic rings. The summed E-state index contributed by atoms with van der Waals surface area (Å²) >= 11 is 0. The Hall–Kier alpha value is -6.56. The number of carbonyl (C=O) groups is 4. The highest BCUT2D eigenvalue weighted by Gasteiger charge is 2.49. The van der Waals surface area contributed by atoms with Gasteiger partial charge in [0.05, 0.1) is 49.2 Å². The minimum absolute atomic E-state index is 0.0292. The van der Waals surface area contributed by atoms with E-state index in [9.17, 15) is 19.2 Å². The van der Waals surface area contributed by atoms with E-state index in [0.717, 1.165) is 68.3 Å². The van der Waals surface area contributed by atoms with Gasteiger partial charge in [0.15, 0.2) is 0 Å². The van der Waals surface area contributed by atoms with Crippen molar-refractivity contribution in [1.82, 2.24) is 40.4 Å². The van der Waals surface area contributed by atoms with Gasteiger partial charge in [0.1, 0.15) is 36.1 Å². The number of ether oxygens (including phenoxy) is 3. The number of hydrogen-bond donors (Lipinski definition) is 4. The summed E-state index contributed by atoms with van der Waals surface area (Å²) in [6.07, 6.45) is 2.76. The lowest BCUT2D eigenvalue weighted by molar-refractivity contribution is -0.137. The Morgan fingerprint density at radius 1 is 0.887 bits per heavy atom. The summed E-state index contributed by atoms with van der Waals surface area (Å²) in [6, 6.07) is 12.5. The van der Waals surface area contributed by atoms with E-state index in [4.69, 9.17) is 24.2 Å². The first-order valence-electron chi connectivity index (χ1n) is 21.4. The molecule has 0 unspecified atom stereocenters. The van der Waals surface area contributed by atoms with Gasteiger partial charge in [-0.3, -0.25) is 9.59 Å². The Morgan fingerprint density at radius 3 is 2.35 bits per heavy atom. The second-order valence-electron chi connectivity index (χ2n) is 17.6. The standard InChI is InChI=1S/C47H52N8O7/c1-23(2)38(52-46(58)60-6)44(56)54-21-28-9-8-10-31(28)41(54)43-48-20-35(50-43)27-12-14-30-29(17-27)22-62-37-19-32-26(18-33(30)37)13-15-34-40(32)51-42(49-34)36-16-11-25(5)55(36)45(57)39(24(3)4)53-47(59)61-7/h12-15,17-20,23-25,28,31,36,38-39,41H,10-11,16,21-22H2,1-7H3,(H,48,50)(H,49,51)(H,52,58)(H,53,59)/t25-,28+,31+,36-,38-,39-,41-/m0/s1. The van der Waals surface area contributed by atoms with E-state index in [1.54, 1.807) is 0 Å². The largest absolute Gasteiger partial charge is 0.488 e. The fourth-order valence-electron chi connectivity index (χ4n) is 9.83. The molecule has 3 aromatic carbocycles. The van der Waals surface area contributed by atoms with E-state index in [1.807, 2.05) is 56.7 Å². The van der Waals surface area contributed by atoms with Crippen LogP contribution in [0.2, 0.25) is 0 Å². The third-order valence-corrected chi connectivity index (χ3v) is 13.1. The van der Waals surface area contributed by atoms with Crippen LogP contribution in [-0.4, -0.2) is 92.6 Å². The van der Waals surface area contributed by atoms with Gasteiger partial charge in [-0.15, -0.1) is 5.92 Å². The van der Waals surface area contributed by atoms with E-state index in [2.05, 4.69) is 68.8 Å². The Labute approximate surface area is 359 Å². The Balaban J connectivity index is 0.981. The number of likely N-dealkylation sites (tertiary alicyclic amines) is 2. The summed E-state index contributed by atoms with van der Waals surface area (Å²) < 4.78 is 16.1. The highest BCUT2D eigenvalue weighted by molar-refractivity contribution is 6.07. The van der Waals surface area contributed by atoms with Crippen molar-refractivity contribution >= 4 is 45.8 Å². The van der Waals surface area contributed by atoms with Crippen molar-refractivity contribution in [2.75, 3.05) is 20.8 Å². The van der Waals surface area contributed by atoms with E-state index < -0.39 is 24.3 Å². The van der Waals surface area contributed by atoms with Crippen LogP contribution in [0.3, 0.4) is 0 Å². The summed E-state index contributed by atoms with van der Waals surface area (Å²) in [5.74, 6) is 8.20. The molecule has 2 fully saturated rings. The summed E-state index contributed by atoms with van der Waals surface area (Å²) in [6.45, 7) is 10.5. The van der Waals surface area contributed by atoms with Crippen molar-refractivity contribution in [2.45, 2.75) is 90.7 Å². The number of alkyl carbamates (subject to hydrolysis) is 2. The van der Waals surface area contributed by atoms with Crippen LogP contribution in [0.4, 0.5) is 9.59 Å². The molecule has 0 spiro atoms. The van der Waals surface area contributed by atoms with Crippen LogP contribution >= 0.6 is 0 Å². The van der Waals surface area contributed by atoms with Crippen molar-refractivity contribution in [1.29, 1.82) is 0 Å². The zero-order valence-electron chi connectivity index (χ0n) is 36.0. The summed E-state index contributed by atoms with van der Waals surface area (Å²) in [7, 11) is 2.58. The maximum absolute atomic E-state index is 14.0. The molecule has 62 heavy (non-hydrogen) atoms. The lowest BCUT2D eigenvalue weighted by Gasteiger charge is -2.32. The third kappa shape index (κ3) is 7.04. The molecule has 7 atom stereocenters. The van der Waals surface area contributed by atoms with Crippen molar-refractivity contribution in [3.8, 4) is 40.0 Å². The molecular weight excluding hydrogens is 789 g/mol. The molecule has 5 heterocycles. The van der Waals surface area contributed by atoms with Crippen LogP contribution < -0.4 is 15.4 Å². The number of benzene rings is 3. The van der Waals surface area contributed by atoms with Crippen LogP contribution in [0.25, 0.3) is 44.2 Å². The molecule has 9 rings (SSSR count). The SMILES string of the molecule is COC(=O)N[C@H](C(=O)N1C[C@H]2C#CC[C@H]2[C@H]1c1ncc(-c2ccc3c(c2)COc2cc4c(ccc5[nH]c([C@@H]6CC[C@H](C)N6C(=O)[C@@H](NC(=O)OC)C(C)C)nc54)cc2-3)[nH]1)C(C)C. The number of aromatic amines is 2. The van der Waals surface area contributed by atoms with E-state index in [1.165, 1.54) is 14.2 Å². The second-order valence-corrected chi connectivity index (χ2v) is 17.6. The van der Waals surface area contributed by atoms with Gasteiger partial charge in [0, 0.05) is 41.8 Å². The predicted octanol–water partition coefficient (Wildman–Crippen LogP) is 7.00. The average molecular weight is 841 g/mol. The van der Waals surface area contributed by atoms with Crippen LogP contribution in [0.1, 0.15) is 83.2 Å². The number of nitrogens with zero attached hydrogens (tertiary/aromatic N) is 4. The van der Waals surface area contributed by atoms with Gasteiger partial charge in [0.2, 0.25) is 11.8 Å². The summed E-state index contributed by atoms with van der Waals surface area (Å²) in [5.41, 5.74) is 6.53. The average Bonchev–Trinajstić information content (AvgIpc) is 4.12. The number of methoxy groups -OCH3 is 2. The number of nitrogens with one attached hydrogen (secondary N) is 4. The number of aromatic nitrogens is 4. The Bertz CT molecular complexity index is 2670. The molecule has 5 aromatic rings. The maximum atomic E-state index is 14.0. The molecule has 15 nitrogen and oxygen atoms in total. The third-order valence-electron chi connectivity index (χ3n) is 13.1. The van der Waals surface area contributed by atoms with Gasteiger partial charge < -0.3 is 44.6 Å². The van der Waals surface area contributed by atoms with Crippen molar-refractivity contribution in [3.63, 3.8) is 0 Å². The number of rotatable bonds is 9. The quantitative estimate of drug-likeness (QED) is 0.114. The van der Waals surface area contributed by atoms with Gasteiger partial charge in [0.25, 0.3) is 0 Å². The molecule has 0 bridgehead atoms. The number of hydrogen-bond acceptors (Lipinski definition) is 9. The second kappa shape index (κ2) is 16.0. The van der Waals surface area contributed by atoms with E-state index in [-0.39, 0.29) is 53.6 Å². The van der Waals surface area contributed by atoms with Crippen LogP contribution in [0, 0.1) is 35.5 Å². The highest BCUT2D eigenvalue weighted by atomic mass is 16.5. The van der Waals surface area contributed by atoms with E-state index >= 15 is 0 Å². The van der Waals surface area contributed by atoms with Gasteiger partial charge >= 0.3 is 12.2 Å². The Morgan fingerprint density at radius 2 is 1.63 bits per heavy atom. The highest BCUT2D eigenvalue weighted by Crippen LogP contribution is 2.46. The lowest BCUT2D eigenvalue weighted by atomic mass is 9.92. The first kappa shape index (κ1) is 40.8. The van der Waals surface area contributed by atoms with Gasteiger partial charge in [-0.1, -0.05) is 51.8 Å². The molecule has 4 amide bonds. The molecule has 2 saturated heterocycles. The molecule has 15 heteroatoms. The number of amides is 4. The number of H-pyrrole nitrogens is 2. The first-order valence-corrected chi connectivity index (χ1v) is 21.4. The molecular formula is C47H52N8O7. The molecule has 0 radical (unpaired) electrons. The lowest BCUT2D eigenvalue weighted by Crippen LogP contribution is -2.52.